The molecule has 2 aromatic heterocycles. The van der Waals surface area contributed by atoms with Crippen LogP contribution in [-0.2, 0) is 30.7 Å². The highest BCUT2D eigenvalue weighted by Gasteiger charge is 2.27. The van der Waals surface area contributed by atoms with E-state index < -0.39 is 0 Å². The summed E-state index contributed by atoms with van der Waals surface area (Å²) in [5, 5.41) is 10.9. The van der Waals surface area contributed by atoms with Crippen LogP contribution < -0.4 is 0 Å². The molecule has 1 aliphatic rings. The van der Waals surface area contributed by atoms with Gasteiger partial charge < -0.3 is 14.2 Å². The average Bonchev–Trinajstić information content (AvgIpc) is 3.21. The van der Waals surface area contributed by atoms with Crippen molar-refractivity contribution in [3.8, 4) is 0 Å². The van der Waals surface area contributed by atoms with E-state index >= 15 is 0 Å². The van der Waals surface area contributed by atoms with E-state index in [0.717, 1.165) is 30.5 Å². The van der Waals surface area contributed by atoms with E-state index in [1.165, 1.54) is 0 Å². The molecule has 1 N–H and O–H groups in total. The van der Waals surface area contributed by atoms with Gasteiger partial charge in [-0.1, -0.05) is 5.16 Å². The number of hydrogen-bond donors (Lipinski definition) is 1. The molecule has 8 heteroatoms. The van der Waals surface area contributed by atoms with E-state index in [2.05, 4.69) is 20.3 Å². The van der Waals surface area contributed by atoms with Gasteiger partial charge >= 0.3 is 0 Å². The molecule has 0 saturated heterocycles. The summed E-state index contributed by atoms with van der Waals surface area (Å²) < 4.78 is 10.1. The van der Waals surface area contributed by atoms with Crippen LogP contribution in [0, 0.1) is 0 Å². The van der Waals surface area contributed by atoms with Crippen LogP contribution in [0.25, 0.3) is 0 Å². The highest BCUT2D eigenvalue weighted by atomic mass is 16.5. The number of rotatable bonds is 6. The first kappa shape index (κ1) is 14.7. The number of ether oxygens (including phenoxy) is 1. The van der Waals surface area contributed by atoms with Gasteiger partial charge in [0.05, 0.1) is 0 Å². The Bertz CT molecular complexity index is 663. The lowest BCUT2D eigenvalue weighted by molar-refractivity contribution is 0.0727. The van der Waals surface area contributed by atoms with Crippen LogP contribution in [0.4, 0.5) is 0 Å². The van der Waals surface area contributed by atoms with Crippen LogP contribution in [0.15, 0.2) is 4.52 Å². The van der Waals surface area contributed by atoms with Crippen molar-refractivity contribution in [2.24, 2.45) is 0 Å². The lowest BCUT2D eigenvalue weighted by Crippen LogP contribution is -2.31. The summed E-state index contributed by atoms with van der Waals surface area (Å²) in [7, 11) is 1.57. The van der Waals surface area contributed by atoms with Crippen LogP contribution in [0.5, 0.6) is 0 Å². The van der Waals surface area contributed by atoms with E-state index in [0.29, 0.717) is 24.0 Å². The number of carbonyl (C=O) groups is 1. The van der Waals surface area contributed by atoms with Crippen molar-refractivity contribution in [3.05, 3.63) is 28.7 Å². The second kappa shape index (κ2) is 6.27. The maximum absolute atomic E-state index is 12.7. The molecule has 0 saturated carbocycles. The van der Waals surface area contributed by atoms with Crippen molar-refractivity contribution in [2.45, 2.75) is 39.3 Å². The molecule has 0 aromatic carbocycles. The average molecular weight is 305 g/mol. The first-order valence-corrected chi connectivity index (χ1v) is 7.38. The topological polar surface area (TPSA) is 97.1 Å². The molecular formula is C14H19N5O3. The SMILES string of the molecule is CCN(Cc1nc(COC)no1)C(=O)c1n[nH]c2c1CCC2. The summed E-state index contributed by atoms with van der Waals surface area (Å²) in [5.74, 6) is 0.768. The van der Waals surface area contributed by atoms with Gasteiger partial charge in [0.2, 0.25) is 5.89 Å². The van der Waals surface area contributed by atoms with E-state index in [-0.39, 0.29) is 19.1 Å². The molecule has 0 unspecified atom stereocenters. The molecule has 0 fully saturated rings. The summed E-state index contributed by atoms with van der Waals surface area (Å²) in [4.78, 5) is 18.5. The molecule has 1 aliphatic carbocycles. The summed E-state index contributed by atoms with van der Waals surface area (Å²) in [6, 6.07) is 0. The van der Waals surface area contributed by atoms with Crippen LogP contribution in [0.1, 0.15) is 46.8 Å². The Morgan fingerprint density at radius 3 is 3.09 bits per heavy atom. The lowest BCUT2D eigenvalue weighted by Gasteiger charge is -2.17. The van der Waals surface area contributed by atoms with Crippen molar-refractivity contribution >= 4 is 5.91 Å². The Labute approximate surface area is 127 Å². The number of fused-ring (bicyclic) bond motifs is 1. The predicted octanol–water partition coefficient (Wildman–Crippen LogP) is 1.09. The normalized spacial score (nSPS) is 13.4. The van der Waals surface area contributed by atoms with Crippen LogP contribution in [0.2, 0.25) is 0 Å². The van der Waals surface area contributed by atoms with Crippen molar-refractivity contribution in [1.29, 1.82) is 0 Å². The van der Waals surface area contributed by atoms with Gasteiger partial charge in [-0.05, 0) is 26.2 Å². The summed E-state index contributed by atoms with van der Waals surface area (Å²) in [6.07, 6.45) is 2.94. The van der Waals surface area contributed by atoms with Crippen molar-refractivity contribution < 1.29 is 14.1 Å². The zero-order valence-corrected chi connectivity index (χ0v) is 12.8. The molecule has 0 spiro atoms. The highest BCUT2D eigenvalue weighted by molar-refractivity contribution is 5.94. The maximum atomic E-state index is 12.7. The second-order valence-electron chi connectivity index (χ2n) is 5.24. The molecule has 0 atom stereocenters. The van der Waals surface area contributed by atoms with Crippen molar-refractivity contribution in [2.75, 3.05) is 13.7 Å². The first-order chi connectivity index (χ1) is 10.7. The Hall–Kier alpha value is -2.22. The number of methoxy groups -OCH3 is 1. The quantitative estimate of drug-likeness (QED) is 0.858. The fraction of sp³-hybridized carbons (Fsp3) is 0.571. The number of hydrogen-bond acceptors (Lipinski definition) is 6. The van der Waals surface area contributed by atoms with Gasteiger partial charge in [0.15, 0.2) is 11.5 Å². The third kappa shape index (κ3) is 2.74. The lowest BCUT2D eigenvalue weighted by atomic mass is 10.2. The van der Waals surface area contributed by atoms with E-state index in [9.17, 15) is 4.79 Å². The first-order valence-electron chi connectivity index (χ1n) is 7.38. The molecular weight excluding hydrogens is 286 g/mol. The largest absolute Gasteiger partial charge is 0.377 e. The molecule has 0 bridgehead atoms. The maximum Gasteiger partial charge on any atom is 0.275 e. The number of aryl methyl sites for hydroxylation is 1. The Morgan fingerprint density at radius 1 is 1.45 bits per heavy atom. The number of nitrogens with zero attached hydrogens (tertiary/aromatic N) is 4. The number of nitrogens with one attached hydrogen (secondary N) is 1. The summed E-state index contributed by atoms with van der Waals surface area (Å²) in [6.45, 7) is 3.02. The molecule has 2 aromatic rings. The Kier molecular flexibility index (Phi) is 4.19. The smallest absolute Gasteiger partial charge is 0.275 e. The van der Waals surface area contributed by atoms with Crippen molar-refractivity contribution in [3.63, 3.8) is 0 Å². The molecule has 22 heavy (non-hydrogen) atoms. The van der Waals surface area contributed by atoms with Gasteiger partial charge in [-0.3, -0.25) is 9.89 Å². The predicted molar refractivity (Wildman–Crippen MR) is 76.0 cm³/mol. The molecule has 0 radical (unpaired) electrons. The monoisotopic (exact) mass is 305 g/mol. The van der Waals surface area contributed by atoms with Crippen LogP contribution in [-0.4, -0.2) is 44.8 Å². The zero-order valence-electron chi connectivity index (χ0n) is 12.8. The number of aromatic amines is 1. The van der Waals surface area contributed by atoms with Crippen molar-refractivity contribution in [1.82, 2.24) is 25.2 Å². The minimum atomic E-state index is -0.103. The highest BCUT2D eigenvalue weighted by Crippen LogP contribution is 2.24. The van der Waals surface area contributed by atoms with Gasteiger partial charge in [0, 0.05) is 24.9 Å². The molecule has 2 heterocycles. The molecule has 1 amide bonds. The number of amides is 1. The van der Waals surface area contributed by atoms with Gasteiger partial charge in [0.1, 0.15) is 13.2 Å². The van der Waals surface area contributed by atoms with E-state index in [4.69, 9.17) is 9.26 Å². The van der Waals surface area contributed by atoms with Crippen LogP contribution >= 0.6 is 0 Å². The Balaban J connectivity index is 1.73. The van der Waals surface area contributed by atoms with Gasteiger partial charge in [-0.25, -0.2) is 0 Å². The zero-order chi connectivity index (χ0) is 15.5. The second-order valence-corrected chi connectivity index (χ2v) is 5.24. The third-order valence-corrected chi connectivity index (χ3v) is 3.79. The minimum absolute atomic E-state index is 0.103. The minimum Gasteiger partial charge on any atom is -0.377 e. The Morgan fingerprint density at radius 2 is 2.32 bits per heavy atom. The fourth-order valence-electron chi connectivity index (χ4n) is 2.68. The van der Waals surface area contributed by atoms with Crippen LogP contribution in [0.3, 0.4) is 0 Å². The molecule has 8 nitrogen and oxygen atoms in total. The number of H-pyrrole nitrogens is 1. The summed E-state index contributed by atoms with van der Waals surface area (Å²) >= 11 is 0. The molecule has 3 rings (SSSR count). The van der Waals surface area contributed by atoms with Gasteiger partial charge in [-0.15, -0.1) is 0 Å². The number of aromatic nitrogens is 4. The molecule has 0 aliphatic heterocycles. The summed E-state index contributed by atoms with van der Waals surface area (Å²) in [5.41, 5.74) is 2.65. The van der Waals surface area contributed by atoms with E-state index in [1.54, 1.807) is 12.0 Å². The third-order valence-electron chi connectivity index (χ3n) is 3.79. The standard InChI is InChI=1S/C14H19N5O3/c1-3-19(7-12-15-11(8-21-2)18-22-12)14(20)13-9-5-4-6-10(9)16-17-13/h3-8H2,1-2H3,(H,16,17). The fourth-order valence-corrected chi connectivity index (χ4v) is 2.68. The van der Waals surface area contributed by atoms with E-state index in [1.807, 2.05) is 6.92 Å². The molecule has 118 valence electrons. The van der Waals surface area contributed by atoms with Gasteiger partial charge in [0.25, 0.3) is 5.91 Å². The number of carbonyl (C=O) groups excluding carboxylic acids is 1. The van der Waals surface area contributed by atoms with Gasteiger partial charge in [-0.2, -0.15) is 10.1 Å².